The SMILES string of the molecule is O=[N+]([O-])c1ccc(-c2ccc3cc(OCCCF)ccc3c2)cc1. The third kappa shape index (κ3) is 3.51. The molecule has 5 heteroatoms. The maximum Gasteiger partial charge on any atom is 0.269 e. The van der Waals surface area contributed by atoms with Gasteiger partial charge in [0.2, 0.25) is 0 Å². The Morgan fingerprint density at radius 2 is 1.58 bits per heavy atom. The molecular weight excluding hydrogens is 309 g/mol. The molecule has 0 fully saturated rings. The van der Waals surface area contributed by atoms with E-state index in [4.69, 9.17) is 4.74 Å². The molecular formula is C19H16FNO3. The Labute approximate surface area is 138 Å². The molecule has 0 aliphatic rings. The zero-order chi connectivity index (χ0) is 16.9. The Morgan fingerprint density at radius 1 is 0.917 bits per heavy atom. The quantitative estimate of drug-likeness (QED) is 0.357. The van der Waals surface area contributed by atoms with Gasteiger partial charge in [-0.1, -0.05) is 18.2 Å². The normalized spacial score (nSPS) is 10.7. The molecule has 3 aromatic carbocycles. The van der Waals surface area contributed by atoms with Gasteiger partial charge in [0, 0.05) is 18.6 Å². The molecule has 24 heavy (non-hydrogen) atoms. The first-order valence-electron chi connectivity index (χ1n) is 7.65. The van der Waals surface area contributed by atoms with Gasteiger partial charge in [-0.2, -0.15) is 0 Å². The van der Waals surface area contributed by atoms with Gasteiger partial charge in [0.15, 0.2) is 0 Å². The van der Waals surface area contributed by atoms with Crippen LogP contribution < -0.4 is 4.74 Å². The van der Waals surface area contributed by atoms with Gasteiger partial charge in [-0.3, -0.25) is 14.5 Å². The van der Waals surface area contributed by atoms with Crippen LogP contribution in [0.2, 0.25) is 0 Å². The van der Waals surface area contributed by atoms with Crippen molar-refractivity contribution in [2.24, 2.45) is 0 Å². The van der Waals surface area contributed by atoms with Gasteiger partial charge >= 0.3 is 0 Å². The van der Waals surface area contributed by atoms with Crippen molar-refractivity contribution in [3.05, 3.63) is 70.8 Å². The van der Waals surface area contributed by atoms with Crippen molar-refractivity contribution in [2.75, 3.05) is 13.3 Å². The minimum atomic E-state index is -0.408. The summed E-state index contributed by atoms with van der Waals surface area (Å²) in [4.78, 5) is 10.3. The number of non-ortho nitro benzene ring substituents is 1. The summed E-state index contributed by atoms with van der Waals surface area (Å²) in [5.41, 5.74) is 1.99. The standard InChI is InChI=1S/C19H16FNO3/c20-10-1-11-24-19-9-6-16-12-15(2-3-17(16)13-19)14-4-7-18(8-5-14)21(22)23/h2-9,12-13H,1,10-11H2. The maximum absolute atomic E-state index is 12.1. The van der Waals surface area contributed by atoms with Crippen molar-refractivity contribution < 1.29 is 14.1 Å². The molecule has 0 radical (unpaired) electrons. The largest absolute Gasteiger partial charge is 0.493 e. The molecule has 0 saturated carbocycles. The maximum atomic E-state index is 12.1. The van der Waals surface area contributed by atoms with Gasteiger partial charge in [0.05, 0.1) is 18.2 Å². The number of halogens is 1. The number of benzene rings is 3. The summed E-state index contributed by atoms with van der Waals surface area (Å²) in [6, 6.07) is 18.2. The van der Waals surface area contributed by atoms with Crippen LogP contribution in [0.25, 0.3) is 21.9 Å². The Kier molecular flexibility index (Phi) is 4.70. The summed E-state index contributed by atoms with van der Waals surface area (Å²) < 4.78 is 17.6. The highest BCUT2D eigenvalue weighted by Gasteiger charge is 2.06. The van der Waals surface area contributed by atoms with E-state index in [9.17, 15) is 14.5 Å². The van der Waals surface area contributed by atoms with Gasteiger partial charge in [0.25, 0.3) is 5.69 Å². The molecule has 0 N–H and O–H groups in total. The van der Waals surface area contributed by atoms with Crippen molar-refractivity contribution in [1.29, 1.82) is 0 Å². The predicted molar refractivity (Wildman–Crippen MR) is 92.1 cm³/mol. The van der Waals surface area contributed by atoms with Gasteiger partial charge in [0.1, 0.15) is 5.75 Å². The van der Waals surface area contributed by atoms with Crippen LogP contribution in [0.4, 0.5) is 10.1 Å². The van der Waals surface area contributed by atoms with Crippen molar-refractivity contribution in [2.45, 2.75) is 6.42 Å². The topological polar surface area (TPSA) is 52.4 Å². The molecule has 0 unspecified atom stereocenters. The second-order valence-corrected chi connectivity index (χ2v) is 5.42. The molecule has 4 nitrogen and oxygen atoms in total. The second kappa shape index (κ2) is 7.08. The fourth-order valence-corrected chi connectivity index (χ4v) is 2.51. The van der Waals surface area contributed by atoms with Crippen LogP contribution in [0, 0.1) is 10.1 Å². The highest BCUT2D eigenvalue weighted by Crippen LogP contribution is 2.28. The summed E-state index contributed by atoms with van der Waals surface area (Å²) in [6.45, 7) is -0.0188. The lowest BCUT2D eigenvalue weighted by Gasteiger charge is -2.08. The summed E-state index contributed by atoms with van der Waals surface area (Å²) in [6.07, 6.45) is 0.386. The molecule has 0 amide bonds. The first-order chi connectivity index (χ1) is 11.7. The van der Waals surface area contributed by atoms with E-state index in [0.717, 1.165) is 27.6 Å². The Hall–Kier alpha value is -2.95. The first-order valence-corrected chi connectivity index (χ1v) is 7.65. The van der Waals surface area contributed by atoms with Crippen LogP contribution in [0.5, 0.6) is 5.75 Å². The number of hydrogen-bond donors (Lipinski definition) is 0. The smallest absolute Gasteiger partial charge is 0.269 e. The minimum absolute atomic E-state index is 0.0783. The van der Waals surface area contributed by atoms with Crippen LogP contribution >= 0.6 is 0 Å². The number of fused-ring (bicyclic) bond motifs is 1. The number of rotatable bonds is 6. The third-order valence-corrected chi connectivity index (χ3v) is 3.77. The lowest BCUT2D eigenvalue weighted by atomic mass is 10.0. The van der Waals surface area contributed by atoms with E-state index in [0.29, 0.717) is 13.0 Å². The monoisotopic (exact) mass is 325 g/mol. The van der Waals surface area contributed by atoms with Crippen LogP contribution in [0.15, 0.2) is 60.7 Å². The molecule has 0 aromatic heterocycles. The van der Waals surface area contributed by atoms with E-state index in [1.165, 1.54) is 12.1 Å². The zero-order valence-corrected chi connectivity index (χ0v) is 12.9. The number of alkyl halides is 1. The molecule has 0 saturated heterocycles. The summed E-state index contributed by atoms with van der Waals surface area (Å²) in [5, 5.41) is 12.8. The lowest BCUT2D eigenvalue weighted by Crippen LogP contribution is -1.97. The van der Waals surface area contributed by atoms with Crippen LogP contribution in [0.3, 0.4) is 0 Å². The fraction of sp³-hybridized carbons (Fsp3) is 0.158. The van der Waals surface area contributed by atoms with Crippen LogP contribution in [0.1, 0.15) is 6.42 Å². The highest BCUT2D eigenvalue weighted by atomic mass is 19.1. The van der Waals surface area contributed by atoms with Crippen molar-refractivity contribution in [3.63, 3.8) is 0 Å². The molecule has 0 aliphatic carbocycles. The molecule has 3 aromatic rings. The fourth-order valence-electron chi connectivity index (χ4n) is 2.51. The molecule has 3 rings (SSSR count). The van der Waals surface area contributed by atoms with E-state index in [2.05, 4.69) is 0 Å². The Morgan fingerprint density at radius 3 is 2.29 bits per heavy atom. The average Bonchev–Trinajstić information content (AvgIpc) is 2.61. The van der Waals surface area contributed by atoms with E-state index in [1.54, 1.807) is 12.1 Å². The number of hydrogen-bond acceptors (Lipinski definition) is 3. The van der Waals surface area contributed by atoms with Crippen molar-refractivity contribution >= 4 is 16.5 Å². The minimum Gasteiger partial charge on any atom is -0.493 e. The van der Waals surface area contributed by atoms with Crippen molar-refractivity contribution in [1.82, 2.24) is 0 Å². The first kappa shape index (κ1) is 15.9. The lowest BCUT2D eigenvalue weighted by molar-refractivity contribution is -0.384. The van der Waals surface area contributed by atoms with Crippen molar-refractivity contribution in [3.8, 4) is 16.9 Å². The summed E-state index contributed by atoms with van der Waals surface area (Å²) >= 11 is 0. The van der Waals surface area contributed by atoms with E-state index >= 15 is 0 Å². The summed E-state index contributed by atoms with van der Waals surface area (Å²) in [5.74, 6) is 0.721. The molecule has 0 spiro atoms. The van der Waals surface area contributed by atoms with Gasteiger partial charge in [-0.05, 0) is 52.2 Å². The number of nitrogens with zero attached hydrogens (tertiary/aromatic N) is 1. The average molecular weight is 325 g/mol. The van der Waals surface area contributed by atoms with Gasteiger partial charge in [-0.15, -0.1) is 0 Å². The zero-order valence-electron chi connectivity index (χ0n) is 12.9. The molecule has 0 aliphatic heterocycles. The molecule has 122 valence electrons. The summed E-state index contributed by atoms with van der Waals surface area (Å²) in [7, 11) is 0. The molecule has 0 bridgehead atoms. The number of nitro groups is 1. The van der Waals surface area contributed by atoms with Crippen LogP contribution in [-0.4, -0.2) is 18.2 Å². The Balaban J connectivity index is 1.85. The third-order valence-electron chi connectivity index (χ3n) is 3.77. The number of ether oxygens (including phenoxy) is 1. The van der Waals surface area contributed by atoms with Crippen LogP contribution in [-0.2, 0) is 0 Å². The highest BCUT2D eigenvalue weighted by molar-refractivity contribution is 5.88. The predicted octanol–water partition coefficient (Wildman–Crippen LogP) is 5.15. The Bertz CT molecular complexity index is 862. The van der Waals surface area contributed by atoms with E-state index < -0.39 is 4.92 Å². The van der Waals surface area contributed by atoms with E-state index in [1.807, 2.05) is 36.4 Å². The van der Waals surface area contributed by atoms with E-state index in [-0.39, 0.29) is 12.4 Å². The molecule has 0 atom stereocenters. The number of nitro benzene ring substituents is 1. The van der Waals surface area contributed by atoms with Gasteiger partial charge in [-0.25, -0.2) is 0 Å². The molecule has 0 heterocycles. The van der Waals surface area contributed by atoms with Gasteiger partial charge < -0.3 is 4.74 Å². The second-order valence-electron chi connectivity index (χ2n) is 5.42.